The molecule has 1 aliphatic rings. The molecule has 1 unspecified atom stereocenters. The molecule has 0 radical (unpaired) electrons. The molecule has 0 saturated carbocycles. The van der Waals surface area contributed by atoms with Crippen molar-refractivity contribution in [1.82, 2.24) is 4.90 Å². The summed E-state index contributed by atoms with van der Waals surface area (Å²) in [6, 6.07) is 10.5. The van der Waals surface area contributed by atoms with Crippen molar-refractivity contribution in [3.8, 4) is 0 Å². The second kappa shape index (κ2) is 6.73. The van der Waals surface area contributed by atoms with E-state index in [2.05, 4.69) is 15.9 Å². The molecule has 2 aromatic rings. The predicted molar refractivity (Wildman–Crippen MR) is 93.7 cm³/mol. The summed E-state index contributed by atoms with van der Waals surface area (Å²) in [6.07, 6.45) is 0.387. The van der Waals surface area contributed by atoms with Crippen molar-refractivity contribution in [3.05, 3.63) is 67.6 Å². The van der Waals surface area contributed by atoms with E-state index in [1.54, 1.807) is 12.1 Å². The minimum absolute atomic E-state index is 0.387. The van der Waals surface area contributed by atoms with Gasteiger partial charge in [0, 0.05) is 27.6 Å². The topological polar surface area (TPSA) is 37.4 Å². The van der Waals surface area contributed by atoms with Gasteiger partial charge >= 0.3 is 0 Å². The summed E-state index contributed by atoms with van der Waals surface area (Å²) < 4.78 is 0.781. The fourth-order valence-corrected chi connectivity index (χ4v) is 4.31. The Bertz CT molecular complexity index is 771. The van der Waals surface area contributed by atoms with Gasteiger partial charge in [-0.2, -0.15) is 0 Å². The molecule has 0 spiro atoms. The van der Waals surface area contributed by atoms with Gasteiger partial charge in [0.2, 0.25) is 5.78 Å². The normalized spacial score (nSPS) is 17.1. The number of Topliss-reactive ketones (excluding diaryl/α,β-unsaturated/α-hetero) is 1. The molecule has 6 heteroatoms. The summed E-state index contributed by atoms with van der Waals surface area (Å²) >= 11 is 15.7. The van der Waals surface area contributed by atoms with Crippen molar-refractivity contribution in [2.24, 2.45) is 0 Å². The van der Waals surface area contributed by atoms with Crippen LogP contribution in [0.3, 0.4) is 0 Å². The molecule has 3 rings (SSSR count). The van der Waals surface area contributed by atoms with Gasteiger partial charge in [0.1, 0.15) is 6.04 Å². The molecule has 1 aliphatic heterocycles. The van der Waals surface area contributed by atoms with Crippen molar-refractivity contribution < 1.29 is 9.59 Å². The Kier molecular flexibility index (Phi) is 4.87. The first-order chi connectivity index (χ1) is 11.0. The van der Waals surface area contributed by atoms with Gasteiger partial charge in [-0.15, -0.1) is 0 Å². The number of hydrogen-bond donors (Lipinski definition) is 0. The third kappa shape index (κ3) is 3.22. The van der Waals surface area contributed by atoms with Crippen molar-refractivity contribution in [2.75, 3.05) is 0 Å². The second-order valence-corrected chi connectivity index (χ2v) is 7.07. The summed E-state index contributed by atoms with van der Waals surface area (Å²) in [6.45, 7) is 1.03. The number of ketones is 1. The Morgan fingerprint density at radius 1 is 1.30 bits per heavy atom. The van der Waals surface area contributed by atoms with Gasteiger partial charge < -0.3 is 0 Å². The third-order valence-corrected chi connectivity index (χ3v) is 5.20. The maximum Gasteiger partial charge on any atom is 0.216 e. The van der Waals surface area contributed by atoms with Crippen LogP contribution in [0.1, 0.15) is 22.7 Å². The number of hydrogen-bond acceptors (Lipinski definition) is 3. The molecule has 2 aromatic carbocycles. The fourth-order valence-electron chi connectivity index (χ4n) is 2.92. The predicted octanol–water partition coefficient (Wildman–Crippen LogP) is 4.58. The number of halogens is 3. The molecule has 0 aliphatic carbocycles. The van der Waals surface area contributed by atoms with Gasteiger partial charge in [-0.1, -0.05) is 63.4 Å². The smallest absolute Gasteiger partial charge is 0.216 e. The zero-order valence-corrected chi connectivity index (χ0v) is 15.0. The van der Waals surface area contributed by atoms with Crippen LogP contribution in [-0.4, -0.2) is 17.0 Å². The Morgan fingerprint density at radius 3 is 2.74 bits per heavy atom. The molecular weight excluding hydrogens is 401 g/mol. The largest absolute Gasteiger partial charge is 0.295 e. The number of carbonyl (C=O) groups is 2. The Balaban J connectivity index is 1.97. The first-order valence-corrected chi connectivity index (χ1v) is 8.50. The van der Waals surface area contributed by atoms with Crippen molar-refractivity contribution in [3.63, 3.8) is 0 Å². The van der Waals surface area contributed by atoms with E-state index in [-0.39, 0.29) is 0 Å². The Hall–Kier alpha value is -1.20. The van der Waals surface area contributed by atoms with Crippen LogP contribution in [0, 0.1) is 0 Å². The standard InChI is InChI=1S/C17H12BrCl2NO2/c18-14-5-11(19)6-15(20)13(14)8-21-7-10-3-1-2-4-12(10)17(21)16(23)9-22/h1-6,9,17H,7-8H2. The molecule has 0 saturated heterocycles. The molecule has 0 fully saturated rings. The maximum absolute atomic E-state index is 12.1. The summed E-state index contributed by atoms with van der Waals surface area (Å²) in [7, 11) is 0. The van der Waals surface area contributed by atoms with E-state index in [1.807, 2.05) is 29.2 Å². The lowest BCUT2D eigenvalue weighted by Crippen LogP contribution is -2.29. The van der Waals surface area contributed by atoms with Gasteiger partial charge in [-0.05, 0) is 28.8 Å². The number of nitrogens with zero attached hydrogens (tertiary/aromatic N) is 1. The van der Waals surface area contributed by atoms with Crippen LogP contribution in [-0.2, 0) is 22.7 Å². The first-order valence-electron chi connectivity index (χ1n) is 6.95. The summed E-state index contributed by atoms with van der Waals surface area (Å²) in [5, 5.41) is 1.06. The minimum Gasteiger partial charge on any atom is -0.295 e. The SMILES string of the molecule is O=CC(=O)C1c2ccccc2CN1Cc1c(Cl)cc(Cl)cc1Br. The lowest BCUT2D eigenvalue weighted by Gasteiger charge is -2.23. The molecule has 1 heterocycles. The maximum atomic E-state index is 12.1. The monoisotopic (exact) mass is 411 g/mol. The van der Waals surface area contributed by atoms with Crippen LogP contribution in [0.25, 0.3) is 0 Å². The average Bonchev–Trinajstić information content (AvgIpc) is 2.88. The van der Waals surface area contributed by atoms with Crippen molar-refractivity contribution >= 4 is 51.2 Å². The number of fused-ring (bicyclic) bond motifs is 1. The van der Waals surface area contributed by atoms with E-state index < -0.39 is 11.8 Å². The van der Waals surface area contributed by atoms with Gasteiger partial charge in [-0.3, -0.25) is 14.5 Å². The van der Waals surface area contributed by atoms with E-state index in [9.17, 15) is 9.59 Å². The lowest BCUT2D eigenvalue weighted by atomic mass is 10.0. The highest BCUT2D eigenvalue weighted by atomic mass is 79.9. The van der Waals surface area contributed by atoms with Crippen molar-refractivity contribution in [2.45, 2.75) is 19.1 Å². The third-order valence-electron chi connectivity index (χ3n) is 3.94. The van der Waals surface area contributed by atoms with E-state index in [4.69, 9.17) is 23.2 Å². The second-order valence-electron chi connectivity index (χ2n) is 5.37. The van der Waals surface area contributed by atoms with E-state index >= 15 is 0 Å². The fraction of sp³-hybridized carbons (Fsp3) is 0.176. The van der Waals surface area contributed by atoms with E-state index in [1.165, 1.54) is 0 Å². The molecule has 23 heavy (non-hydrogen) atoms. The van der Waals surface area contributed by atoms with E-state index in [0.717, 1.165) is 21.2 Å². The first kappa shape index (κ1) is 16.7. The average molecular weight is 413 g/mol. The number of aldehydes is 1. The molecule has 0 amide bonds. The van der Waals surface area contributed by atoms with Crippen LogP contribution < -0.4 is 0 Å². The highest BCUT2D eigenvalue weighted by Crippen LogP contribution is 2.38. The zero-order valence-electron chi connectivity index (χ0n) is 11.9. The number of carbonyl (C=O) groups excluding carboxylic acids is 2. The summed E-state index contributed by atoms with van der Waals surface area (Å²) in [5.74, 6) is -0.448. The highest BCUT2D eigenvalue weighted by Gasteiger charge is 2.35. The van der Waals surface area contributed by atoms with Gasteiger partial charge in [0.05, 0.1) is 0 Å². The van der Waals surface area contributed by atoms with Gasteiger partial charge in [0.25, 0.3) is 0 Å². The minimum atomic E-state index is -0.567. The quantitative estimate of drug-likeness (QED) is 0.544. The summed E-state index contributed by atoms with van der Waals surface area (Å²) in [4.78, 5) is 25.1. The molecule has 0 aromatic heterocycles. The van der Waals surface area contributed by atoms with Crippen LogP contribution >= 0.6 is 39.1 Å². The van der Waals surface area contributed by atoms with Crippen molar-refractivity contribution in [1.29, 1.82) is 0 Å². The van der Waals surface area contributed by atoms with Crippen LogP contribution in [0.2, 0.25) is 10.0 Å². The molecular formula is C17H12BrCl2NO2. The van der Waals surface area contributed by atoms with Gasteiger partial charge in [0.15, 0.2) is 6.29 Å². The summed E-state index contributed by atoms with van der Waals surface area (Å²) in [5.41, 5.74) is 2.77. The van der Waals surface area contributed by atoms with E-state index in [0.29, 0.717) is 29.4 Å². The zero-order chi connectivity index (χ0) is 16.6. The lowest BCUT2D eigenvalue weighted by molar-refractivity contribution is -0.133. The number of rotatable bonds is 4. The molecule has 0 bridgehead atoms. The molecule has 118 valence electrons. The Labute approximate surface area is 152 Å². The Morgan fingerprint density at radius 2 is 2.04 bits per heavy atom. The van der Waals surface area contributed by atoms with Crippen LogP contribution in [0.5, 0.6) is 0 Å². The highest BCUT2D eigenvalue weighted by molar-refractivity contribution is 9.10. The molecule has 1 atom stereocenters. The van der Waals surface area contributed by atoms with Crippen LogP contribution in [0.4, 0.5) is 0 Å². The molecule has 0 N–H and O–H groups in total. The number of benzene rings is 2. The molecule has 3 nitrogen and oxygen atoms in total. The van der Waals surface area contributed by atoms with Crippen LogP contribution in [0.15, 0.2) is 40.9 Å². The van der Waals surface area contributed by atoms with Gasteiger partial charge in [-0.25, -0.2) is 0 Å².